The van der Waals surface area contributed by atoms with Gasteiger partial charge in [-0.25, -0.2) is 4.79 Å². The van der Waals surface area contributed by atoms with Crippen molar-refractivity contribution in [3.05, 3.63) is 32.6 Å². The lowest BCUT2D eigenvalue weighted by molar-refractivity contribution is 0.282. The monoisotopic (exact) mass is 296 g/mol. The Morgan fingerprint density at radius 1 is 0.952 bits per heavy atom. The zero-order valence-corrected chi connectivity index (χ0v) is 13.1. The first-order valence-electron chi connectivity index (χ1n) is 8.06. The van der Waals surface area contributed by atoms with Gasteiger partial charge in [0.15, 0.2) is 0 Å². The van der Waals surface area contributed by atoms with Gasteiger partial charge < -0.3 is 9.67 Å². The summed E-state index contributed by atoms with van der Waals surface area (Å²) in [6.07, 6.45) is 11.9. The van der Waals surface area contributed by atoms with E-state index < -0.39 is 0 Å². The van der Waals surface area contributed by atoms with Gasteiger partial charge in [0.05, 0.1) is 0 Å². The number of hydrogen-bond donors (Lipinski definition) is 2. The zero-order chi connectivity index (χ0) is 15.5. The highest BCUT2D eigenvalue weighted by Crippen LogP contribution is 2.09. The smallest absolute Gasteiger partial charge is 0.328 e. The second-order valence-electron chi connectivity index (χ2n) is 5.67. The summed E-state index contributed by atoms with van der Waals surface area (Å²) in [6, 6.07) is 0. The van der Waals surface area contributed by atoms with E-state index in [0.29, 0.717) is 18.7 Å². The van der Waals surface area contributed by atoms with Crippen molar-refractivity contribution in [1.82, 2.24) is 9.55 Å². The van der Waals surface area contributed by atoms with Crippen LogP contribution in [0.2, 0.25) is 0 Å². The number of aliphatic hydroxyl groups excluding tert-OH is 1. The summed E-state index contributed by atoms with van der Waals surface area (Å²) in [5.74, 6) is 0. The molecule has 1 heterocycles. The van der Waals surface area contributed by atoms with Crippen LogP contribution in [0.3, 0.4) is 0 Å². The fourth-order valence-electron chi connectivity index (χ4n) is 2.42. The second kappa shape index (κ2) is 10.4. The molecule has 0 radical (unpaired) electrons. The molecule has 0 aromatic carbocycles. The van der Waals surface area contributed by atoms with Gasteiger partial charge in [0.2, 0.25) is 0 Å². The first-order chi connectivity index (χ1) is 10.1. The molecule has 0 spiro atoms. The molecule has 1 aromatic heterocycles. The van der Waals surface area contributed by atoms with Gasteiger partial charge in [0, 0.05) is 24.9 Å². The second-order valence-corrected chi connectivity index (χ2v) is 5.67. The molecule has 0 bridgehead atoms. The number of aromatic amines is 1. The normalized spacial score (nSPS) is 11.0. The number of nitrogens with one attached hydrogen (secondary N) is 1. The average molecular weight is 296 g/mol. The number of aryl methyl sites for hydroxylation is 2. The highest BCUT2D eigenvalue weighted by Gasteiger charge is 2.00. The quantitative estimate of drug-likeness (QED) is 0.615. The number of H-pyrrole nitrogens is 1. The predicted molar refractivity (Wildman–Crippen MR) is 84.7 cm³/mol. The molecule has 0 aliphatic heterocycles. The lowest BCUT2D eigenvalue weighted by Gasteiger charge is -2.06. The van der Waals surface area contributed by atoms with E-state index in [1.165, 1.54) is 32.1 Å². The van der Waals surface area contributed by atoms with Crippen LogP contribution in [0.15, 0.2) is 15.8 Å². The largest absolute Gasteiger partial charge is 0.396 e. The van der Waals surface area contributed by atoms with Crippen molar-refractivity contribution in [1.29, 1.82) is 0 Å². The Kier molecular flexibility index (Phi) is 8.74. The third kappa shape index (κ3) is 7.27. The van der Waals surface area contributed by atoms with E-state index in [0.717, 1.165) is 25.7 Å². The molecule has 0 saturated carbocycles. The van der Waals surface area contributed by atoms with Crippen molar-refractivity contribution in [2.24, 2.45) is 0 Å². The summed E-state index contributed by atoms with van der Waals surface area (Å²) < 4.78 is 1.59. The molecule has 21 heavy (non-hydrogen) atoms. The number of aliphatic hydroxyl groups is 1. The number of hydrogen-bond acceptors (Lipinski definition) is 3. The molecule has 2 N–H and O–H groups in total. The lowest BCUT2D eigenvalue weighted by Crippen LogP contribution is -2.30. The minimum Gasteiger partial charge on any atom is -0.396 e. The van der Waals surface area contributed by atoms with Crippen LogP contribution in [-0.4, -0.2) is 21.3 Å². The molecular weight excluding hydrogens is 268 g/mol. The molecule has 5 heteroatoms. The molecule has 0 amide bonds. The minimum absolute atomic E-state index is 0.294. The van der Waals surface area contributed by atoms with Crippen LogP contribution in [0.5, 0.6) is 0 Å². The summed E-state index contributed by atoms with van der Waals surface area (Å²) >= 11 is 0. The maximum absolute atomic E-state index is 11.6. The lowest BCUT2D eigenvalue weighted by atomic mass is 10.1. The molecule has 120 valence electrons. The van der Waals surface area contributed by atoms with E-state index in [1.54, 1.807) is 17.7 Å². The molecular formula is C16H28N2O3. The summed E-state index contributed by atoms with van der Waals surface area (Å²) in [5.41, 5.74) is -0.0237. The number of rotatable bonds is 11. The van der Waals surface area contributed by atoms with Crippen LogP contribution in [0, 0.1) is 6.92 Å². The van der Waals surface area contributed by atoms with E-state index in [9.17, 15) is 9.59 Å². The Morgan fingerprint density at radius 3 is 2.05 bits per heavy atom. The van der Waals surface area contributed by atoms with E-state index in [2.05, 4.69) is 4.98 Å². The van der Waals surface area contributed by atoms with Gasteiger partial charge in [-0.15, -0.1) is 0 Å². The first-order valence-corrected chi connectivity index (χ1v) is 8.06. The Morgan fingerprint density at radius 2 is 1.48 bits per heavy atom. The highest BCUT2D eigenvalue weighted by molar-refractivity contribution is 5.00. The number of unbranched alkanes of at least 4 members (excludes halogenated alkanes) is 8. The molecule has 0 fully saturated rings. The predicted octanol–water partition coefficient (Wildman–Crippen LogP) is 2.35. The molecule has 0 saturated heterocycles. The van der Waals surface area contributed by atoms with Gasteiger partial charge in [0.1, 0.15) is 0 Å². The molecule has 0 atom stereocenters. The standard InChI is InChI=1S/C16H28N2O3/c1-14-13-18(16(21)17-15(14)20)11-9-7-5-3-2-4-6-8-10-12-19/h13,19H,2-12H2,1H3,(H,17,20,21). The van der Waals surface area contributed by atoms with E-state index in [4.69, 9.17) is 5.11 Å². The Labute approximate surface area is 126 Å². The third-order valence-electron chi connectivity index (χ3n) is 3.75. The van der Waals surface area contributed by atoms with Crippen molar-refractivity contribution in [3.8, 4) is 0 Å². The Balaban J connectivity index is 2.08. The summed E-state index contributed by atoms with van der Waals surface area (Å²) in [7, 11) is 0. The minimum atomic E-state index is -0.311. The van der Waals surface area contributed by atoms with Gasteiger partial charge in [0.25, 0.3) is 5.56 Å². The van der Waals surface area contributed by atoms with Crippen molar-refractivity contribution < 1.29 is 5.11 Å². The van der Waals surface area contributed by atoms with Gasteiger partial charge in [-0.05, 0) is 19.8 Å². The van der Waals surface area contributed by atoms with Crippen molar-refractivity contribution >= 4 is 0 Å². The van der Waals surface area contributed by atoms with Gasteiger partial charge in [-0.2, -0.15) is 0 Å². The van der Waals surface area contributed by atoms with E-state index >= 15 is 0 Å². The molecule has 0 aliphatic carbocycles. The van der Waals surface area contributed by atoms with Crippen molar-refractivity contribution in [2.45, 2.75) is 71.3 Å². The topological polar surface area (TPSA) is 75.1 Å². The Hall–Kier alpha value is -1.36. The SMILES string of the molecule is Cc1cn(CCCCCCCCCCCO)c(=O)[nH]c1=O. The van der Waals surface area contributed by atoms with Gasteiger partial charge in [-0.1, -0.05) is 44.9 Å². The Bertz CT molecular complexity index is 505. The molecule has 0 aliphatic rings. The average Bonchev–Trinajstić information content (AvgIpc) is 2.46. The van der Waals surface area contributed by atoms with Crippen LogP contribution in [0.1, 0.15) is 63.4 Å². The van der Waals surface area contributed by atoms with Crippen LogP contribution in [0.4, 0.5) is 0 Å². The molecule has 1 aromatic rings. The molecule has 1 rings (SSSR count). The third-order valence-corrected chi connectivity index (χ3v) is 3.75. The van der Waals surface area contributed by atoms with E-state index in [1.807, 2.05) is 0 Å². The number of nitrogens with zero attached hydrogens (tertiary/aromatic N) is 1. The first kappa shape index (κ1) is 17.7. The van der Waals surface area contributed by atoms with Gasteiger partial charge in [-0.3, -0.25) is 9.78 Å². The molecule has 5 nitrogen and oxygen atoms in total. The maximum Gasteiger partial charge on any atom is 0.328 e. The van der Waals surface area contributed by atoms with Crippen molar-refractivity contribution in [2.75, 3.05) is 6.61 Å². The van der Waals surface area contributed by atoms with Crippen LogP contribution in [0.25, 0.3) is 0 Å². The number of aromatic nitrogens is 2. The van der Waals surface area contributed by atoms with Crippen LogP contribution >= 0.6 is 0 Å². The molecule has 0 unspecified atom stereocenters. The fraction of sp³-hybridized carbons (Fsp3) is 0.750. The van der Waals surface area contributed by atoms with Crippen LogP contribution in [-0.2, 0) is 6.54 Å². The van der Waals surface area contributed by atoms with Crippen LogP contribution < -0.4 is 11.2 Å². The summed E-state index contributed by atoms with van der Waals surface area (Å²) in [5, 5.41) is 8.67. The zero-order valence-electron chi connectivity index (χ0n) is 13.1. The maximum atomic E-state index is 11.6. The highest BCUT2D eigenvalue weighted by atomic mass is 16.3. The summed E-state index contributed by atoms with van der Waals surface area (Å²) in [4.78, 5) is 25.2. The van der Waals surface area contributed by atoms with E-state index in [-0.39, 0.29) is 11.2 Å². The summed E-state index contributed by atoms with van der Waals surface area (Å²) in [6.45, 7) is 2.70. The fourth-order valence-corrected chi connectivity index (χ4v) is 2.42. The van der Waals surface area contributed by atoms with Gasteiger partial charge >= 0.3 is 5.69 Å². The van der Waals surface area contributed by atoms with Crippen molar-refractivity contribution in [3.63, 3.8) is 0 Å².